The van der Waals surface area contributed by atoms with E-state index in [0.29, 0.717) is 6.54 Å². The molecule has 1 atom stereocenters. The van der Waals surface area contributed by atoms with Gasteiger partial charge in [0.1, 0.15) is 0 Å². The number of rotatable bonds is 2. The normalized spacial score (nSPS) is 15.8. The molecule has 0 bridgehead atoms. The van der Waals surface area contributed by atoms with Crippen molar-refractivity contribution in [1.29, 1.82) is 0 Å². The fourth-order valence-corrected chi connectivity index (χ4v) is 3.69. The highest BCUT2D eigenvalue weighted by molar-refractivity contribution is 5.89. The Morgan fingerprint density at radius 2 is 1.85 bits per heavy atom. The van der Waals surface area contributed by atoms with Gasteiger partial charge in [0.2, 0.25) is 0 Å². The van der Waals surface area contributed by atoms with Crippen LogP contribution in [0.25, 0.3) is 5.69 Å². The number of urea groups is 1. The van der Waals surface area contributed by atoms with Crippen LogP contribution < -0.4 is 5.32 Å². The second kappa shape index (κ2) is 6.71. The number of nitrogens with zero attached hydrogens (tertiary/aromatic N) is 2. The van der Waals surface area contributed by atoms with Gasteiger partial charge in [0, 0.05) is 17.6 Å². The van der Waals surface area contributed by atoms with E-state index in [1.54, 1.807) is 0 Å². The summed E-state index contributed by atoms with van der Waals surface area (Å²) >= 11 is 0. The molecule has 0 aliphatic carbocycles. The summed E-state index contributed by atoms with van der Waals surface area (Å²) in [6.07, 6.45) is 2.94. The molecular formula is C22H23N3O. The molecule has 2 aromatic carbocycles. The average Bonchev–Trinajstić information content (AvgIpc) is 3.08. The number of nitrogens with one attached hydrogen (secondary N) is 1. The molecule has 4 rings (SSSR count). The van der Waals surface area contributed by atoms with Crippen LogP contribution in [-0.4, -0.2) is 15.5 Å². The maximum Gasteiger partial charge on any atom is 0.322 e. The predicted molar refractivity (Wildman–Crippen MR) is 105 cm³/mol. The Morgan fingerprint density at radius 3 is 2.62 bits per heavy atom. The molecule has 0 saturated carbocycles. The van der Waals surface area contributed by atoms with Gasteiger partial charge in [-0.3, -0.25) is 0 Å². The van der Waals surface area contributed by atoms with Gasteiger partial charge >= 0.3 is 6.03 Å². The van der Waals surface area contributed by atoms with E-state index in [4.69, 9.17) is 0 Å². The van der Waals surface area contributed by atoms with Crippen LogP contribution in [0.5, 0.6) is 0 Å². The Morgan fingerprint density at radius 1 is 1.08 bits per heavy atom. The summed E-state index contributed by atoms with van der Waals surface area (Å²) in [6.45, 7) is 4.76. The zero-order valence-corrected chi connectivity index (χ0v) is 15.1. The van der Waals surface area contributed by atoms with Crippen molar-refractivity contribution in [2.75, 3.05) is 5.32 Å². The number of hydrogen-bond acceptors (Lipinski definition) is 1. The van der Waals surface area contributed by atoms with E-state index in [1.807, 2.05) is 48.2 Å². The summed E-state index contributed by atoms with van der Waals surface area (Å²) < 4.78 is 2.21. The Balaban J connectivity index is 1.71. The van der Waals surface area contributed by atoms with Crippen molar-refractivity contribution in [1.82, 2.24) is 9.47 Å². The highest BCUT2D eigenvalue weighted by Crippen LogP contribution is 2.34. The van der Waals surface area contributed by atoms with Crippen LogP contribution in [0, 0.1) is 6.92 Å². The van der Waals surface area contributed by atoms with E-state index >= 15 is 0 Å². The molecule has 26 heavy (non-hydrogen) atoms. The molecule has 0 radical (unpaired) electrons. The van der Waals surface area contributed by atoms with E-state index in [1.165, 1.54) is 5.56 Å². The topological polar surface area (TPSA) is 37.3 Å². The van der Waals surface area contributed by atoms with Crippen molar-refractivity contribution < 1.29 is 4.79 Å². The van der Waals surface area contributed by atoms with Gasteiger partial charge in [0.15, 0.2) is 0 Å². The third kappa shape index (κ3) is 2.88. The van der Waals surface area contributed by atoms with E-state index < -0.39 is 0 Å². The zero-order valence-electron chi connectivity index (χ0n) is 15.1. The standard InChI is InChI=1S/C22H23N3O/c1-3-19-21-9-6-14-24(21)20-8-5-4-7-17(20)15-25(19)22(26)23-18-12-10-16(2)11-13-18/h4-14,19H,3,15H2,1-2H3,(H,23,26). The molecular weight excluding hydrogens is 322 g/mol. The number of carbonyl (C=O) groups is 1. The molecule has 1 unspecified atom stereocenters. The maximum atomic E-state index is 13.1. The van der Waals surface area contributed by atoms with Gasteiger partial charge in [0.25, 0.3) is 0 Å². The summed E-state index contributed by atoms with van der Waals surface area (Å²) in [7, 11) is 0. The van der Waals surface area contributed by atoms with Crippen molar-refractivity contribution in [3.8, 4) is 5.69 Å². The Kier molecular flexibility index (Phi) is 4.25. The van der Waals surface area contributed by atoms with Gasteiger partial charge in [0.05, 0.1) is 18.3 Å². The Labute approximate surface area is 154 Å². The van der Waals surface area contributed by atoms with Gasteiger partial charge in [-0.25, -0.2) is 4.79 Å². The van der Waals surface area contributed by atoms with E-state index in [2.05, 4.69) is 47.3 Å². The van der Waals surface area contributed by atoms with Crippen molar-refractivity contribution in [2.45, 2.75) is 32.9 Å². The quantitative estimate of drug-likeness (QED) is 0.674. The highest BCUT2D eigenvalue weighted by Gasteiger charge is 2.30. The fraction of sp³-hybridized carbons (Fsp3) is 0.227. The smallest absolute Gasteiger partial charge is 0.318 e. The lowest BCUT2D eigenvalue weighted by atomic mass is 10.1. The first-order valence-corrected chi connectivity index (χ1v) is 9.07. The molecule has 1 N–H and O–H groups in total. The van der Waals surface area contributed by atoms with Crippen LogP contribution in [0.4, 0.5) is 10.5 Å². The number of amides is 2. The van der Waals surface area contributed by atoms with Crippen LogP contribution in [0.2, 0.25) is 0 Å². The number of fused-ring (bicyclic) bond motifs is 3. The van der Waals surface area contributed by atoms with E-state index in [9.17, 15) is 4.79 Å². The van der Waals surface area contributed by atoms with Gasteiger partial charge in [-0.15, -0.1) is 0 Å². The first-order valence-electron chi connectivity index (χ1n) is 9.07. The summed E-state index contributed by atoms with van der Waals surface area (Å²) in [5.74, 6) is 0. The number of aromatic nitrogens is 1. The predicted octanol–water partition coefficient (Wildman–Crippen LogP) is 5.28. The van der Waals surface area contributed by atoms with Crippen LogP contribution in [0.3, 0.4) is 0 Å². The Bertz CT molecular complexity index is 927. The van der Waals surface area contributed by atoms with E-state index in [-0.39, 0.29) is 12.1 Å². The lowest BCUT2D eigenvalue weighted by Gasteiger charge is -2.29. The maximum absolute atomic E-state index is 13.1. The third-order valence-corrected chi connectivity index (χ3v) is 5.04. The lowest BCUT2D eigenvalue weighted by molar-refractivity contribution is 0.181. The number of benzene rings is 2. The number of anilines is 1. The minimum Gasteiger partial charge on any atom is -0.318 e. The molecule has 1 aromatic heterocycles. The summed E-state index contributed by atoms with van der Waals surface area (Å²) in [5.41, 5.74) is 5.45. The molecule has 4 nitrogen and oxygen atoms in total. The summed E-state index contributed by atoms with van der Waals surface area (Å²) in [6, 6.07) is 20.3. The number of hydrogen-bond donors (Lipinski definition) is 1. The summed E-state index contributed by atoms with van der Waals surface area (Å²) in [4.78, 5) is 15.1. The van der Waals surface area contributed by atoms with Gasteiger partial charge in [-0.05, 0) is 49.2 Å². The molecule has 2 amide bonds. The fourth-order valence-electron chi connectivity index (χ4n) is 3.69. The lowest BCUT2D eigenvalue weighted by Crippen LogP contribution is -2.37. The van der Waals surface area contributed by atoms with Crippen LogP contribution in [0.15, 0.2) is 66.9 Å². The minimum atomic E-state index is -0.0647. The van der Waals surface area contributed by atoms with Crippen molar-refractivity contribution in [3.63, 3.8) is 0 Å². The SMILES string of the molecule is CCC1c2cccn2-c2ccccc2CN1C(=O)Nc1ccc(C)cc1. The van der Waals surface area contributed by atoms with E-state index in [0.717, 1.165) is 29.1 Å². The van der Waals surface area contributed by atoms with Crippen molar-refractivity contribution in [2.24, 2.45) is 0 Å². The molecule has 0 fully saturated rings. The zero-order chi connectivity index (χ0) is 18.1. The van der Waals surface area contributed by atoms with Crippen LogP contribution in [0.1, 0.15) is 36.2 Å². The average molecular weight is 345 g/mol. The van der Waals surface area contributed by atoms with Gasteiger partial charge in [-0.2, -0.15) is 0 Å². The Hall–Kier alpha value is -3.01. The monoisotopic (exact) mass is 345 g/mol. The van der Waals surface area contributed by atoms with Crippen molar-refractivity contribution in [3.05, 3.63) is 83.7 Å². The molecule has 1 aliphatic rings. The number of para-hydroxylation sites is 1. The minimum absolute atomic E-state index is 0.0304. The highest BCUT2D eigenvalue weighted by atomic mass is 16.2. The molecule has 1 aliphatic heterocycles. The first kappa shape index (κ1) is 16.5. The van der Waals surface area contributed by atoms with Crippen LogP contribution >= 0.6 is 0 Å². The third-order valence-electron chi connectivity index (χ3n) is 5.04. The molecule has 4 heteroatoms. The van der Waals surface area contributed by atoms with Gasteiger partial charge in [-0.1, -0.05) is 42.8 Å². The second-order valence-corrected chi connectivity index (χ2v) is 6.78. The molecule has 0 spiro atoms. The number of aryl methyl sites for hydroxylation is 1. The largest absolute Gasteiger partial charge is 0.322 e. The molecule has 132 valence electrons. The molecule has 3 aromatic rings. The molecule has 2 heterocycles. The molecule has 0 saturated heterocycles. The van der Waals surface area contributed by atoms with Gasteiger partial charge < -0.3 is 14.8 Å². The van der Waals surface area contributed by atoms with Crippen LogP contribution in [-0.2, 0) is 6.54 Å². The number of carbonyl (C=O) groups excluding carboxylic acids is 1. The van der Waals surface area contributed by atoms with Crippen molar-refractivity contribution >= 4 is 11.7 Å². The summed E-state index contributed by atoms with van der Waals surface area (Å²) in [5, 5.41) is 3.06. The first-order chi connectivity index (χ1) is 12.7. The second-order valence-electron chi connectivity index (χ2n) is 6.78.